The highest BCUT2D eigenvalue weighted by Crippen LogP contribution is 2.09. The minimum absolute atomic E-state index is 0.114. The molecule has 0 aromatic heterocycles. The molecular weight excluding hydrogens is 340 g/mol. The quantitative estimate of drug-likeness (QED) is 0.362. The second kappa shape index (κ2) is 10.3. The molecule has 0 saturated carbocycles. The predicted molar refractivity (Wildman–Crippen MR) is 71.2 cm³/mol. The van der Waals surface area contributed by atoms with Gasteiger partial charge >= 0.3 is 5.97 Å². The van der Waals surface area contributed by atoms with E-state index in [9.17, 15) is 9.59 Å². The zero-order chi connectivity index (χ0) is 12.4. The van der Waals surface area contributed by atoms with Gasteiger partial charge in [-0.1, -0.05) is 31.9 Å². The van der Waals surface area contributed by atoms with Crippen molar-refractivity contribution in [3.8, 4) is 0 Å². The summed E-state index contributed by atoms with van der Waals surface area (Å²) in [4.78, 5) is 22.1. The third-order valence-electron chi connectivity index (χ3n) is 2.12. The van der Waals surface area contributed by atoms with E-state index in [0.29, 0.717) is 23.7 Å². The first-order valence-corrected chi connectivity index (χ1v) is 7.64. The highest BCUT2D eigenvalue weighted by molar-refractivity contribution is 9.09. The largest absolute Gasteiger partial charge is 0.465 e. The van der Waals surface area contributed by atoms with Gasteiger partial charge in [-0.15, -0.1) is 0 Å². The molecule has 3 nitrogen and oxygen atoms in total. The molecule has 0 N–H and O–H groups in total. The zero-order valence-electron chi connectivity index (χ0n) is 9.51. The van der Waals surface area contributed by atoms with Crippen molar-refractivity contribution in [1.29, 1.82) is 0 Å². The molecule has 16 heavy (non-hydrogen) atoms. The van der Waals surface area contributed by atoms with Gasteiger partial charge in [0.15, 0.2) is 0 Å². The molecule has 0 aliphatic rings. The van der Waals surface area contributed by atoms with Gasteiger partial charge in [0.1, 0.15) is 5.78 Å². The molecule has 0 radical (unpaired) electrons. The normalized spacial score (nSPS) is 10.5. The molecule has 0 fully saturated rings. The lowest BCUT2D eigenvalue weighted by Crippen LogP contribution is -2.20. The van der Waals surface area contributed by atoms with E-state index >= 15 is 0 Å². The Morgan fingerprint density at radius 1 is 1.12 bits per heavy atom. The first-order valence-electron chi connectivity index (χ1n) is 5.39. The fourth-order valence-corrected chi connectivity index (χ4v) is 2.71. The number of ether oxygens (including phenoxy) is 1. The lowest BCUT2D eigenvalue weighted by molar-refractivity contribution is -0.147. The summed E-state index contributed by atoms with van der Waals surface area (Å²) in [5, 5.41) is 1.23. The molecule has 0 amide bonds. The van der Waals surface area contributed by atoms with Crippen LogP contribution in [0, 0.1) is 5.92 Å². The van der Waals surface area contributed by atoms with E-state index < -0.39 is 0 Å². The van der Waals surface area contributed by atoms with Gasteiger partial charge in [-0.2, -0.15) is 0 Å². The second-order valence-corrected chi connectivity index (χ2v) is 4.98. The van der Waals surface area contributed by atoms with Crippen LogP contribution in [0.5, 0.6) is 0 Å². The van der Waals surface area contributed by atoms with Crippen LogP contribution >= 0.6 is 31.9 Å². The molecule has 0 aliphatic heterocycles. The van der Waals surface area contributed by atoms with Crippen molar-refractivity contribution in [2.75, 3.05) is 17.3 Å². The van der Waals surface area contributed by atoms with Crippen molar-refractivity contribution in [1.82, 2.24) is 0 Å². The summed E-state index contributed by atoms with van der Waals surface area (Å²) in [6.45, 7) is 2.05. The molecule has 0 atom stereocenters. The molecule has 0 saturated heterocycles. The van der Waals surface area contributed by atoms with Gasteiger partial charge in [0.2, 0.25) is 0 Å². The highest BCUT2D eigenvalue weighted by atomic mass is 79.9. The zero-order valence-corrected chi connectivity index (χ0v) is 12.7. The summed E-state index contributed by atoms with van der Waals surface area (Å²) in [6.07, 6.45) is 3.27. The van der Waals surface area contributed by atoms with Crippen LogP contribution in [0.25, 0.3) is 0 Å². The van der Waals surface area contributed by atoms with Crippen molar-refractivity contribution in [3.05, 3.63) is 0 Å². The fraction of sp³-hybridized carbons (Fsp3) is 0.818. The van der Waals surface area contributed by atoms with Crippen LogP contribution in [0.15, 0.2) is 0 Å². The molecule has 0 aromatic rings. The Kier molecular flexibility index (Phi) is 10.3. The first kappa shape index (κ1) is 16.1. The maximum Gasteiger partial charge on any atom is 0.310 e. The van der Waals surface area contributed by atoms with E-state index in [4.69, 9.17) is 4.74 Å². The van der Waals surface area contributed by atoms with Crippen LogP contribution < -0.4 is 0 Å². The average Bonchev–Trinajstić information content (AvgIpc) is 2.24. The minimum atomic E-state index is -0.166. The van der Waals surface area contributed by atoms with E-state index in [1.54, 1.807) is 6.92 Å². The van der Waals surface area contributed by atoms with Gasteiger partial charge in [0.05, 0.1) is 12.5 Å². The third kappa shape index (κ3) is 8.28. The number of esters is 1. The Hall–Kier alpha value is 0.1000. The summed E-state index contributed by atoms with van der Waals surface area (Å²) in [5.74, 6) is -0.0619. The van der Waals surface area contributed by atoms with Gasteiger partial charge < -0.3 is 9.53 Å². The first-order chi connectivity index (χ1) is 7.61. The van der Waals surface area contributed by atoms with E-state index in [1.807, 2.05) is 0 Å². The van der Waals surface area contributed by atoms with Crippen LogP contribution in [0.4, 0.5) is 0 Å². The monoisotopic (exact) mass is 356 g/mol. The number of unbranched alkanes of at least 4 members (excludes halogenated alkanes) is 2. The van der Waals surface area contributed by atoms with Gasteiger partial charge in [0, 0.05) is 17.1 Å². The summed E-state index contributed by atoms with van der Waals surface area (Å²) in [6, 6.07) is 0. The SMILES string of the molecule is CC(=O)CCCCCOC(=O)C(CBr)CBr. The van der Waals surface area contributed by atoms with Gasteiger partial charge in [0.25, 0.3) is 0 Å². The standard InChI is InChI=1S/C11H18Br2O3/c1-9(14)5-3-2-4-6-16-11(15)10(7-12)8-13/h10H,2-8H2,1H3. The van der Waals surface area contributed by atoms with E-state index in [1.165, 1.54) is 0 Å². The molecule has 5 heteroatoms. The van der Waals surface area contributed by atoms with Gasteiger partial charge in [-0.25, -0.2) is 0 Å². The van der Waals surface area contributed by atoms with Crippen LogP contribution in [0.1, 0.15) is 32.6 Å². The second-order valence-electron chi connectivity index (χ2n) is 3.69. The van der Waals surface area contributed by atoms with E-state index in [2.05, 4.69) is 31.9 Å². The van der Waals surface area contributed by atoms with E-state index in [0.717, 1.165) is 19.3 Å². The van der Waals surface area contributed by atoms with Crippen LogP contribution in [0.2, 0.25) is 0 Å². The molecule has 0 heterocycles. The van der Waals surface area contributed by atoms with Gasteiger partial charge in [-0.05, 0) is 26.2 Å². The van der Waals surface area contributed by atoms with Crippen molar-refractivity contribution in [3.63, 3.8) is 0 Å². The maximum atomic E-state index is 11.4. The van der Waals surface area contributed by atoms with Crippen LogP contribution in [0.3, 0.4) is 0 Å². The smallest absolute Gasteiger partial charge is 0.310 e. The predicted octanol–water partition coefficient (Wildman–Crippen LogP) is 3.09. The van der Waals surface area contributed by atoms with Crippen molar-refractivity contribution in [2.45, 2.75) is 32.6 Å². The average molecular weight is 358 g/mol. The van der Waals surface area contributed by atoms with Crippen LogP contribution in [-0.4, -0.2) is 29.0 Å². The number of hydrogen-bond acceptors (Lipinski definition) is 3. The number of carbonyl (C=O) groups excluding carboxylic acids is 2. The molecular formula is C11H18Br2O3. The summed E-state index contributed by atoms with van der Waals surface area (Å²) >= 11 is 6.52. The summed E-state index contributed by atoms with van der Waals surface area (Å²) in [7, 11) is 0. The fourth-order valence-electron chi connectivity index (χ4n) is 1.11. The molecule has 0 spiro atoms. The molecule has 0 rings (SSSR count). The number of hydrogen-bond donors (Lipinski definition) is 0. The molecule has 0 aliphatic carbocycles. The van der Waals surface area contributed by atoms with Crippen LogP contribution in [-0.2, 0) is 14.3 Å². The number of ketones is 1. The highest BCUT2D eigenvalue weighted by Gasteiger charge is 2.16. The number of Topliss-reactive ketones (excluding diaryl/α,β-unsaturated/α-hetero) is 1. The number of alkyl halides is 2. The minimum Gasteiger partial charge on any atom is -0.465 e. The van der Waals surface area contributed by atoms with Gasteiger partial charge in [-0.3, -0.25) is 4.79 Å². The Bertz CT molecular complexity index is 215. The topological polar surface area (TPSA) is 43.4 Å². The van der Waals surface area contributed by atoms with Crippen molar-refractivity contribution < 1.29 is 14.3 Å². The maximum absolute atomic E-state index is 11.4. The lowest BCUT2D eigenvalue weighted by atomic mass is 10.1. The Morgan fingerprint density at radius 3 is 2.25 bits per heavy atom. The molecule has 0 unspecified atom stereocenters. The number of carbonyl (C=O) groups is 2. The lowest BCUT2D eigenvalue weighted by Gasteiger charge is -2.10. The molecule has 0 bridgehead atoms. The molecule has 0 aromatic carbocycles. The van der Waals surface area contributed by atoms with E-state index in [-0.39, 0.29) is 17.7 Å². The summed E-state index contributed by atoms with van der Waals surface area (Å²) < 4.78 is 5.11. The Morgan fingerprint density at radius 2 is 1.75 bits per heavy atom. The van der Waals surface area contributed by atoms with Crippen molar-refractivity contribution >= 4 is 43.6 Å². The van der Waals surface area contributed by atoms with Crippen molar-refractivity contribution in [2.24, 2.45) is 5.92 Å². The number of rotatable bonds is 9. The summed E-state index contributed by atoms with van der Waals surface area (Å²) in [5.41, 5.74) is 0. The molecule has 94 valence electrons. The number of halogens is 2. The Labute approximate surface area is 114 Å². The Balaban J connectivity index is 3.44. The third-order valence-corrected chi connectivity index (χ3v) is 3.69.